The minimum absolute atomic E-state index is 0.0875. The Balaban J connectivity index is 2.20. The van der Waals surface area contributed by atoms with Crippen LogP contribution in [0.25, 0.3) is 0 Å². The van der Waals surface area contributed by atoms with Crippen LogP contribution in [0.15, 0.2) is 12.3 Å². The summed E-state index contributed by atoms with van der Waals surface area (Å²) in [5.41, 5.74) is 2.39. The quantitative estimate of drug-likeness (QED) is 0.725. The largest absolute Gasteiger partial charge is 0.292 e. The molecular weight excluding hydrogens is 218 g/mol. The number of nitrogens with zero attached hydrogens (tertiary/aromatic N) is 5. The van der Waals surface area contributed by atoms with Gasteiger partial charge in [0.1, 0.15) is 5.69 Å². The molecule has 2 aromatic heterocycles. The summed E-state index contributed by atoms with van der Waals surface area (Å²) in [4.78, 5) is 17.5. The Morgan fingerprint density at radius 3 is 2.76 bits per heavy atom. The van der Waals surface area contributed by atoms with E-state index in [2.05, 4.69) is 20.4 Å². The monoisotopic (exact) mass is 231 g/mol. The standard InChI is InChI=1S/C11H13N5O/c1-7-4-8(2)11(12-6-7)9(17)5-10-13-15-16(3)14-10/h4,6H,5H2,1-3H3. The Morgan fingerprint density at radius 1 is 1.41 bits per heavy atom. The van der Waals surface area contributed by atoms with Gasteiger partial charge in [-0.05, 0) is 30.2 Å². The van der Waals surface area contributed by atoms with Gasteiger partial charge in [0.15, 0.2) is 11.6 Å². The van der Waals surface area contributed by atoms with E-state index in [1.165, 1.54) is 4.80 Å². The van der Waals surface area contributed by atoms with Crippen LogP contribution >= 0.6 is 0 Å². The molecule has 0 aliphatic heterocycles. The van der Waals surface area contributed by atoms with Gasteiger partial charge in [-0.2, -0.15) is 4.80 Å². The summed E-state index contributed by atoms with van der Waals surface area (Å²) in [6.07, 6.45) is 1.81. The maximum absolute atomic E-state index is 12.0. The highest BCUT2D eigenvalue weighted by Crippen LogP contribution is 2.09. The molecule has 0 saturated heterocycles. The first-order valence-electron chi connectivity index (χ1n) is 5.25. The van der Waals surface area contributed by atoms with Crippen molar-refractivity contribution in [2.75, 3.05) is 0 Å². The fourth-order valence-corrected chi connectivity index (χ4v) is 1.63. The summed E-state index contributed by atoms with van der Waals surface area (Å²) >= 11 is 0. The molecule has 0 atom stereocenters. The fourth-order valence-electron chi connectivity index (χ4n) is 1.63. The second-order valence-corrected chi connectivity index (χ2v) is 3.97. The molecule has 0 fully saturated rings. The smallest absolute Gasteiger partial charge is 0.189 e. The van der Waals surface area contributed by atoms with E-state index >= 15 is 0 Å². The Kier molecular flexibility index (Phi) is 2.95. The summed E-state index contributed by atoms with van der Waals surface area (Å²) in [6, 6.07) is 1.93. The van der Waals surface area contributed by atoms with E-state index in [9.17, 15) is 4.79 Å². The van der Waals surface area contributed by atoms with Gasteiger partial charge in [0.05, 0.1) is 13.5 Å². The molecule has 0 saturated carbocycles. The summed E-state index contributed by atoms with van der Waals surface area (Å²) < 4.78 is 0. The Morgan fingerprint density at radius 2 is 2.18 bits per heavy atom. The van der Waals surface area contributed by atoms with Crippen molar-refractivity contribution in [2.45, 2.75) is 20.3 Å². The lowest BCUT2D eigenvalue weighted by Gasteiger charge is -2.02. The molecule has 0 bridgehead atoms. The van der Waals surface area contributed by atoms with Crippen LogP contribution < -0.4 is 0 Å². The molecule has 0 amide bonds. The van der Waals surface area contributed by atoms with Crippen LogP contribution in [-0.4, -0.2) is 31.0 Å². The van der Waals surface area contributed by atoms with Crippen molar-refractivity contribution in [1.82, 2.24) is 25.2 Å². The lowest BCUT2D eigenvalue weighted by atomic mass is 10.1. The van der Waals surface area contributed by atoms with Crippen LogP contribution in [0.5, 0.6) is 0 Å². The molecule has 2 aromatic rings. The summed E-state index contributed by atoms with van der Waals surface area (Å²) in [6.45, 7) is 3.82. The van der Waals surface area contributed by atoms with Gasteiger partial charge >= 0.3 is 0 Å². The predicted octanol–water partition coefficient (Wildman–Crippen LogP) is 0.647. The predicted molar refractivity (Wildman–Crippen MR) is 60.5 cm³/mol. The number of hydrogen-bond donors (Lipinski definition) is 0. The second kappa shape index (κ2) is 4.40. The molecule has 0 radical (unpaired) electrons. The SMILES string of the molecule is Cc1cnc(C(=O)Cc2nnn(C)n2)c(C)c1. The number of tetrazole rings is 1. The van der Waals surface area contributed by atoms with Gasteiger partial charge in [-0.3, -0.25) is 9.78 Å². The number of pyridine rings is 1. The molecule has 0 aliphatic carbocycles. The minimum atomic E-state index is -0.0875. The maximum atomic E-state index is 12.0. The van der Waals surface area contributed by atoms with E-state index in [-0.39, 0.29) is 12.2 Å². The van der Waals surface area contributed by atoms with E-state index in [4.69, 9.17) is 0 Å². The van der Waals surface area contributed by atoms with Crippen LogP contribution in [-0.2, 0) is 13.5 Å². The second-order valence-electron chi connectivity index (χ2n) is 3.97. The van der Waals surface area contributed by atoms with Gasteiger partial charge in [-0.15, -0.1) is 10.2 Å². The van der Waals surface area contributed by atoms with Gasteiger partial charge in [-0.25, -0.2) is 0 Å². The van der Waals surface area contributed by atoms with E-state index in [1.807, 2.05) is 19.9 Å². The molecule has 0 spiro atoms. The molecule has 2 rings (SSSR count). The summed E-state index contributed by atoms with van der Waals surface area (Å²) in [5.74, 6) is 0.328. The lowest BCUT2D eigenvalue weighted by molar-refractivity contribution is 0.0985. The highest BCUT2D eigenvalue weighted by molar-refractivity contribution is 5.96. The van der Waals surface area contributed by atoms with Crippen molar-refractivity contribution in [3.63, 3.8) is 0 Å². The maximum Gasteiger partial charge on any atom is 0.189 e. The third-order valence-corrected chi connectivity index (χ3v) is 2.35. The minimum Gasteiger partial charge on any atom is -0.292 e. The van der Waals surface area contributed by atoms with Gasteiger partial charge in [0, 0.05) is 6.20 Å². The van der Waals surface area contributed by atoms with Gasteiger partial charge in [-0.1, -0.05) is 6.07 Å². The molecule has 17 heavy (non-hydrogen) atoms. The highest BCUT2D eigenvalue weighted by Gasteiger charge is 2.14. The molecule has 6 heteroatoms. The van der Waals surface area contributed by atoms with Crippen LogP contribution in [0.3, 0.4) is 0 Å². The Hall–Kier alpha value is -2.11. The van der Waals surface area contributed by atoms with E-state index in [1.54, 1.807) is 13.2 Å². The summed E-state index contributed by atoms with van der Waals surface area (Å²) in [7, 11) is 1.66. The molecule has 88 valence electrons. The number of carbonyl (C=O) groups excluding carboxylic acids is 1. The van der Waals surface area contributed by atoms with Gasteiger partial charge in [0.2, 0.25) is 0 Å². The zero-order chi connectivity index (χ0) is 12.4. The molecule has 0 unspecified atom stereocenters. The van der Waals surface area contributed by atoms with E-state index in [0.717, 1.165) is 11.1 Å². The number of hydrogen-bond acceptors (Lipinski definition) is 5. The normalized spacial score (nSPS) is 10.5. The van der Waals surface area contributed by atoms with Crippen LogP contribution in [0, 0.1) is 13.8 Å². The van der Waals surface area contributed by atoms with Gasteiger partial charge in [0.25, 0.3) is 0 Å². The Bertz CT molecular complexity index is 561. The van der Waals surface area contributed by atoms with Crippen molar-refractivity contribution >= 4 is 5.78 Å². The summed E-state index contributed by atoms with van der Waals surface area (Å²) in [5, 5.41) is 11.4. The van der Waals surface area contributed by atoms with E-state index in [0.29, 0.717) is 11.5 Å². The number of Topliss-reactive ketones (excluding diaryl/α,β-unsaturated/α-hetero) is 1. The molecule has 0 aromatic carbocycles. The van der Waals surface area contributed by atoms with Crippen molar-refractivity contribution < 1.29 is 4.79 Å². The highest BCUT2D eigenvalue weighted by atomic mass is 16.1. The van der Waals surface area contributed by atoms with Crippen molar-refractivity contribution in [2.24, 2.45) is 7.05 Å². The molecule has 2 heterocycles. The third kappa shape index (κ3) is 2.52. The van der Waals surface area contributed by atoms with Crippen molar-refractivity contribution in [1.29, 1.82) is 0 Å². The molecule has 6 nitrogen and oxygen atoms in total. The fraction of sp³-hybridized carbons (Fsp3) is 0.364. The number of aryl methyl sites for hydroxylation is 3. The van der Waals surface area contributed by atoms with Crippen molar-refractivity contribution in [3.05, 3.63) is 34.9 Å². The molecule has 0 N–H and O–H groups in total. The first-order valence-corrected chi connectivity index (χ1v) is 5.25. The lowest BCUT2D eigenvalue weighted by Crippen LogP contribution is -2.09. The van der Waals surface area contributed by atoms with E-state index < -0.39 is 0 Å². The first kappa shape index (κ1) is 11.4. The average Bonchev–Trinajstić information content (AvgIpc) is 2.63. The van der Waals surface area contributed by atoms with Gasteiger partial charge < -0.3 is 0 Å². The van der Waals surface area contributed by atoms with Crippen molar-refractivity contribution in [3.8, 4) is 0 Å². The number of aromatic nitrogens is 5. The topological polar surface area (TPSA) is 73.6 Å². The average molecular weight is 231 g/mol. The van der Waals surface area contributed by atoms with Crippen LogP contribution in [0.2, 0.25) is 0 Å². The molecular formula is C11H13N5O. The Labute approximate surface area is 98.7 Å². The zero-order valence-electron chi connectivity index (χ0n) is 10.0. The van der Waals surface area contributed by atoms with Crippen LogP contribution in [0.4, 0.5) is 0 Å². The first-order chi connectivity index (χ1) is 8.06. The number of rotatable bonds is 3. The molecule has 0 aliphatic rings. The number of carbonyl (C=O) groups is 1. The zero-order valence-corrected chi connectivity index (χ0v) is 10.0. The van der Waals surface area contributed by atoms with Crippen LogP contribution in [0.1, 0.15) is 27.4 Å². The number of ketones is 1. The third-order valence-electron chi connectivity index (χ3n) is 2.35.